The summed E-state index contributed by atoms with van der Waals surface area (Å²) >= 11 is 0. The Bertz CT molecular complexity index is 929. The van der Waals surface area contributed by atoms with E-state index in [0.29, 0.717) is 74.8 Å². The lowest BCUT2D eigenvalue weighted by atomic mass is 9.90. The standard InChI is InChI=1S/C26H32O8/c1-25(15-31-16-25)13-29-9-11-33-23(27)21-7-8-22(20-6-4-3-5-19(20)21)24(28)34-12-10-30-14-26(2)17-32-18-26/h3-8H,9-18H2,1-2H3. The van der Waals surface area contributed by atoms with Gasteiger partial charge in [-0.1, -0.05) is 38.1 Å². The van der Waals surface area contributed by atoms with Crippen molar-refractivity contribution in [2.24, 2.45) is 10.8 Å². The number of carbonyl (C=O) groups is 2. The molecule has 0 amide bonds. The summed E-state index contributed by atoms with van der Waals surface area (Å²) in [6, 6.07) is 10.4. The maximum Gasteiger partial charge on any atom is 0.338 e. The molecule has 34 heavy (non-hydrogen) atoms. The molecule has 2 fully saturated rings. The van der Waals surface area contributed by atoms with Crippen LogP contribution in [0.1, 0.15) is 34.6 Å². The van der Waals surface area contributed by atoms with Crippen molar-refractivity contribution in [2.45, 2.75) is 13.8 Å². The van der Waals surface area contributed by atoms with Crippen LogP contribution in [0.5, 0.6) is 0 Å². The van der Waals surface area contributed by atoms with Gasteiger partial charge in [-0.25, -0.2) is 9.59 Å². The van der Waals surface area contributed by atoms with Crippen molar-refractivity contribution in [1.82, 2.24) is 0 Å². The van der Waals surface area contributed by atoms with Gasteiger partial charge in [-0.05, 0) is 22.9 Å². The topological polar surface area (TPSA) is 89.5 Å². The number of rotatable bonds is 12. The fraction of sp³-hybridized carbons (Fsp3) is 0.538. The van der Waals surface area contributed by atoms with Crippen molar-refractivity contribution in [1.29, 1.82) is 0 Å². The van der Waals surface area contributed by atoms with Gasteiger partial charge in [-0.15, -0.1) is 0 Å². The molecule has 2 aliphatic heterocycles. The molecule has 8 nitrogen and oxygen atoms in total. The Morgan fingerprint density at radius 3 is 1.47 bits per heavy atom. The van der Waals surface area contributed by atoms with E-state index in [2.05, 4.69) is 13.8 Å². The highest BCUT2D eigenvalue weighted by molar-refractivity contribution is 6.11. The summed E-state index contributed by atoms with van der Waals surface area (Å²) in [5.41, 5.74) is 0.901. The summed E-state index contributed by atoms with van der Waals surface area (Å²) in [5, 5.41) is 1.27. The first-order chi connectivity index (χ1) is 16.4. The number of benzene rings is 2. The van der Waals surface area contributed by atoms with Gasteiger partial charge in [-0.2, -0.15) is 0 Å². The first-order valence-corrected chi connectivity index (χ1v) is 11.6. The van der Waals surface area contributed by atoms with Crippen LogP contribution in [0, 0.1) is 10.8 Å². The van der Waals surface area contributed by atoms with Crippen molar-refractivity contribution in [3.63, 3.8) is 0 Å². The van der Waals surface area contributed by atoms with Gasteiger partial charge in [0.1, 0.15) is 13.2 Å². The first kappa shape index (κ1) is 24.6. The molecule has 4 rings (SSSR count). The quantitative estimate of drug-likeness (QED) is 0.344. The van der Waals surface area contributed by atoms with Crippen LogP contribution in [0.25, 0.3) is 10.8 Å². The van der Waals surface area contributed by atoms with Gasteiger partial charge < -0.3 is 28.4 Å². The van der Waals surface area contributed by atoms with Crippen molar-refractivity contribution in [2.75, 3.05) is 66.1 Å². The minimum atomic E-state index is -0.459. The summed E-state index contributed by atoms with van der Waals surface area (Å²) < 4.78 is 32.4. The summed E-state index contributed by atoms with van der Waals surface area (Å²) in [6.07, 6.45) is 0. The second-order valence-corrected chi connectivity index (χ2v) is 9.69. The first-order valence-electron chi connectivity index (χ1n) is 11.6. The van der Waals surface area contributed by atoms with Gasteiger partial charge in [0.15, 0.2) is 0 Å². The lowest BCUT2D eigenvalue weighted by Crippen LogP contribution is -2.43. The third-order valence-corrected chi connectivity index (χ3v) is 5.99. The molecule has 0 atom stereocenters. The van der Waals surface area contributed by atoms with E-state index in [1.54, 1.807) is 24.3 Å². The van der Waals surface area contributed by atoms with E-state index in [4.69, 9.17) is 28.4 Å². The van der Waals surface area contributed by atoms with Crippen LogP contribution in [-0.4, -0.2) is 78.0 Å². The molecule has 0 N–H and O–H groups in total. The van der Waals surface area contributed by atoms with Gasteiger partial charge in [-0.3, -0.25) is 0 Å². The van der Waals surface area contributed by atoms with Crippen LogP contribution in [0.4, 0.5) is 0 Å². The zero-order valence-corrected chi connectivity index (χ0v) is 19.8. The third kappa shape index (κ3) is 5.93. The largest absolute Gasteiger partial charge is 0.460 e. The number of ether oxygens (including phenoxy) is 6. The number of fused-ring (bicyclic) bond motifs is 1. The number of esters is 2. The molecule has 0 spiro atoms. The van der Waals surface area contributed by atoms with E-state index in [0.717, 1.165) is 0 Å². The summed E-state index contributed by atoms with van der Waals surface area (Å²) in [6.45, 7) is 9.04. The van der Waals surface area contributed by atoms with E-state index < -0.39 is 11.9 Å². The molecule has 0 radical (unpaired) electrons. The Balaban J connectivity index is 1.29. The Kier molecular flexibility index (Phi) is 7.83. The van der Waals surface area contributed by atoms with Crippen LogP contribution < -0.4 is 0 Å². The minimum Gasteiger partial charge on any atom is -0.460 e. The summed E-state index contributed by atoms with van der Waals surface area (Å²) in [5.74, 6) is -0.917. The normalized spacial score (nSPS) is 18.1. The zero-order chi connectivity index (χ0) is 24.0. The predicted molar refractivity (Wildman–Crippen MR) is 124 cm³/mol. The molecule has 0 saturated carbocycles. The molecule has 2 aromatic carbocycles. The molecule has 2 aromatic rings. The van der Waals surface area contributed by atoms with Crippen LogP contribution in [0.2, 0.25) is 0 Å². The SMILES string of the molecule is CC1(COCCOC(=O)c2ccc(C(=O)OCCOCC3(C)COC3)c3ccccc23)COC1. The smallest absolute Gasteiger partial charge is 0.338 e. The van der Waals surface area contributed by atoms with Crippen LogP contribution >= 0.6 is 0 Å². The van der Waals surface area contributed by atoms with Crippen molar-refractivity contribution >= 4 is 22.7 Å². The fourth-order valence-electron chi connectivity index (χ4n) is 3.90. The molecule has 0 bridgehead atoms. The molecular weight excluding hydrogens is 440 g/mol. The van der Waals surface area contributed by atoms with Crippen LogP contribution in [0.3, 0.4) is 0 Å². The second kappa shape index (κ2) is 10.8. The maximum absolute atomic E-state index is 12.7. The summed E-state index contributed by atoms with van der Waals surface area (Å²) in [7, 11) is 0. The molecule has 184 valence electrons. The van der Waals surface area contributed by atoms with E-state index >= 15 is 0 Å². The highest BCUT2D eigenvalue weighted by Crippen LogP contribution is 2.27. The van der Waals surface area contributed by atoms with E-state index in [9.17, 15) is 9.59 Å². The maximum atomic E-state index is 12.7. The highest BCUT2D eigenvalue weighted by Gasteiger charge is 2.34. The number of hydrogen-bond donors (Lipinski definition) is 0. The van der Waals surface area contributed by atoms with Crippen molar-refractivity contribution < 1.29 is 38.0 Å². The van der Waals surface area contributed by atoms with Gasteiger partial charge in [0, 0.05) is 10.8 Å². The molecule has 0 aromatic heterocycles. The Morgan fingerprint density at radius 1 is 0.706 bits per heavy atom. The van der Waals surface area contributed by atoms with Gasteiger partial charge >= 0.3 is 11.9 Å². The molecule has 2 saturated heterocycles. The van der Waals surface area contributed by atoms with Gasteiger partial charge in [0.2, 0.25) is 0 Å². The van der Waals surface area contributed by atoms with Crippen LogP contribution in [-0.2, 0) is 28.4 Å². The molecule has 2 aliphatic rings. The zero-order valence-electron chi connectivity index (χ0n) is 19.8. The minimum absolute atomic E-state index is 0.0560. The molecular formula is C26H32O8. The van der Waals surface area contributed by atoms with Crippen LogP contribution in [0.15, 0.2) is 36.4 Å². The van der Waals surface area contributed by atoms with Crippen molar-refractivity contribution in [3.05, 3.63) is 47.5 Å². The monoisotopic (exact) mass is 472 g/mol. The van der Waals surface area contributed by atoms with Gasteiger partial charge in [0.25, 0.3) is 0 Å². The van der Waals surface area contributed by atoms with E-state index in [1.807, 2.05) is 12.1 Å². The molecule has 2 heterocycles. The Labute approximate surface area is 199 Å². The summed E-state index contributed by atoms with van der Waals surface area (Å²) in [4.78, 5) is 25.4. The molecule has 0 unspecified atom stereocenters. The lowest BCUT2D eigenvalue weighted by Gasteiger charge is -2.37. The Morgan fingerprint density at radius 2 is 1.12 bits per heavy atom. The Hall–Kier alpha value is -2.52. The fourth-order valence-corrected chi connectivity index (χ4v) is 3.90. The highest BCUT2D eigenvalue weighted by atomic mass is 16.6. The lowest BCUT2D eigenvalue weighted by molar-refractivity contribution is -0.139. The molecule has 8 heteroatoms. The predicted octanol–water partition coefficient (Wildman–Crippen LogP) is 3.26. The third-order valence-electron chi connectivity index (χ3n) is 5.99. The number of hydrogen-bond acceptors (Lipinski definition) is 8. The molecule has 0 aliphatic carbocycles. The van der Waals surface area contributed by atoms with Crippen molar-refractivity contribution in [3.8, 4) is 0 Å². The second-order valence-electron chi connectivity index (χ2n) is 9.69. The van der Waals surface area contributed by atoms with E-state index in [1.165, 1.54) is 0 Å². The number of carbonyl (C=O) groups excluding carboxylic acids is 2. The van der Waals surface area contributed by atoms with Gasteiger partial charge in [0.05, 0.1) is 64.0 Å². The average molecular weight is 473 g/mol. The average Bonchev–Trinajstić information content (AvgIpc) is 2.80. The van der Waals surface area contributed by atoms with E-state index in [-0.39, 0.29) is 24.0 Å².